The maximum Gasteiger partial charge on any atom is 0.341 e. The summed E-state index contributed by atoms with van der Waals surface area (Å²) in [4.78, 5) is 23.5. The average molecular weight is 335 g/mol. The molecule has 0 aliphatic rings. The summed E-state index contributed by atoms with van der Waals surface area (Å²) >= 11 is 5.78. The van der Waals surface area contributed by atoms with E-state index in [1.54, 1.807) is 30.3 Å². The number of hydrogen-bond acceptors (Lipinski definition) is 4. The maximum atomic E-state index is 12.0. The van der Waals surface area contributed by atoms with Gasteiger partial charge in [0.15, 0.2) is 0 Å². The second-order valence-electron chi connectivity index (χ2n) is 4.49. The van der Waals surface area contributed by atoms with E-state index in [1.165, 1.54) is 26.4 Å². The van der Waals surface area contributed by atoms with Gasteiger partial charge in [-0.3, -0.25) is 0 Å². The molecule has 2 N–H and O–H groups in total. The van der Waals surface area contributed by atoms with E-state index >= 15 is 0 Å². The molecule has 0 unspecified atom stereocenters. The number of anilines is 2. The Labute approximate surface area is 138 Å². The van der Waals surface area contributed by atoms with E-state index in [-0.39, 0.29) is 5.56 Å². The van der Waals surface area contributed by atoms with Crippen molar-refractivity contribution in [1.29, 1.82) is 0 Å². The van der Waals surface area contributed by atoms with Crippen LogP contribution in [0.5, 0.6) is 5.75 Å². The minimum atomic E-state index is -0.515. The van der Waals surface area contributed by atoms with Gasteiger partial charge in [-0.05, 0) is 36.4 Å². The van der Waals surface area contributed by atoms with E-state index in [2.05, 4.69) is 15.4 Å². The minimum Gasteiger partial charge on any atom is -0.496 e. The van der Waals surface area contributed by atoms with E-state index in [0.717, 1.165) is 0 Å². The maximum absolute atomic E-state index is 12.0. The molecule has 0 aliphatic heterocycles. The van der Waals surface area contributed by atoms with Gasteiger partial charge < -0.3 is 20.1 Å². The zero-order valence-electron chi connectivity index (χ0n) is 12.6. The molecule has 0 bridgehead atoms. The van der Waals surface area contributed by atoms with E-state index < -0.39 is 12.0 Å². The minimum absolute atomic E-state index is 0.277. The molecule has 0 spiro atoms. The van der Waals surface area contributed by atoms with Crippen LogP contribution in [0.2, 0.25) is 5.02 Å². The first-order chi connectivity index (χ1) is 11.0. The van der Waals surface area contributed by atoms with Crippen molar-refractivity contribution in [2.75, 3.05) is 24.9 Å². The summed E-state index contributed by atoms with van der Waals surface area (Å²) in [5.74, 6) is -0.208. The summed E-state index contributed by atoms with van der Waals surface area (Å²) in [6.07, 6.45) is 0. The fourth-order valence-electron chi connectivity index (χ4n) is 1.87. The van der Waals surface area contributed by atoms with Crippen LogP contribution in [0.1, 0.15) is 10.4 Å². The van der Waals surface area contributed by atoms with Crippen LogP contribution in [0.4, 0.5) is 16.2 Å². The molecule has 0 aliphatic carbocycles. The summed E-state index contributed by atoms with van der Waals surface area (Å²) in [6, 6.07) is 10.9. The van der Waals surface area contributed by atoms with E-state index in [4.69, 9.17) is 16.3 Å². The molecule has 6 nitrogen and oxygen atoms in total. The molecule has 0 saturated heterocycles. The number of carbonyl (C=O) groups excluding carboxylic acids is 2. The monoisotopic (exact) mass is 334 g/mol. The van der Waals surface area contributed by atoms with Crippen molar-refractivity contribution in [1.82, 2.24) is 0 Å². The Morgan fingerprint density at radius 1 is 0.957 bits per heavy atom. The first-order valence-electron chi connectivity index (χ1n) is 6.63. The number of urea groups is 1. The number of ether oxygens (including phenoxy) is 2. The van der Waals surface area contributed by atoms with Gasteiger partial charge in [0.25, 0.3) is 0 Å². The van der Waals surface area contributed by atoms with Gasteiger partial charge in [0.05, 0.1) is 14.2 Å². The first kappa shape index (κ1) is 16.6. The molecule has 0 heterocycles. The number of hydrogen-bond donors (Lipinski definition) is 2. The molecule has 0 fully saturated rings. The van der Waals surface area contributed by atoms with E-state index in [0.29, 0.717) is 22.1 Å². The molecule has 2 aromatic rings. The number of benzene rings is 2. The highest BCUT2D eigenvalue weighted by Gasteiger charge is 2.14. The van der Waals surface area contributed by atoms with Crippen LogP contribution in [0.3, 0.4) is 0 Å². The molecule has 0 radical (unpaired) electrons. The van der Waals surface area contributed by atoms with Crippen molar-refractivity contribution in [3.8, 4) is 5.75 Å². The highest BCUT2D eigenvalue weighted by molar-refractivity contribution is 6.30. The van der Waals surface area contributed by atoms with Crippen LogP contribution in [-0.4, -0.2) is 26.2 Å². The number of halogens is 1. The van der Waals surface area contributed by atoms with E-state index in [9.17, 15) is 9.59 Å². The highest BCUT2D eigenvalue weighted by Crippen LogP contribution is 2.24. The molecular weight excluding hydrogens is 320 g/mol. The topological polar surface area (TPSA) is 76.7 Å². The quantitative estimate of drug-likeness (QED) is 0.834. The first-order valence-corrected chi connectivity index (χ1v) is 7.01. The summed E-state index contributed by atoms with van der Waals surface area (Å²) in [7, 11) is 2.72. The third kappa shape index (κ3) is 4.37. The molecule has 0 saturated carbocycles. The van der Waals surface area contributed by atoms with Gasteiger partial charge in [0, 0.05) is 22.5 Å². The van der Waals surface area contributed by atoms with Gasteiger partial charge in [0.1, 0.15) is 11.3 Å². The Kier molecular flexibility index (Phi) is 5.43. The van der Waals surface area contributed by atoms with Crippen LogP contribution < -0.4 is 15.4 Å². The summed E-state index contributed by atoms with van der Waals surface area (Å²) in [6.45, 7) is 0. The van der Waals surface area contributed by atoms with Crippen LogP contribution in [-0.2, 0) is 4.74 Å². The lowest BCUT2D eigenvalue weighted by atomic mass is 10.2. The van der Waals surface area contributed by atoms with Gasteiger partial charge in [-0.15, -0.1) is 0 Å². The normalized spacial score (nSPS) is 9.87. The number of methoxy groups -OCH3 is 2. The lowest BCUT2D eigenvalue weighted by Gasteiger charge is -2.11. The Morgan fingerprint density at radius 2 is 1.57 bits per heavy atom. The second kappa shape index (κ2) is 7.51. The summed E-state index contributed by atoms with van der Waals surface area (Å²) in [5.41, 5.74) is 1.35. The standard InChI is InChI=1S/C16H15ClN2O4/c1-22-14-9-12(7-8-13(14)15(20)23-2)19-16(21)18-11-5-3-10(17)4-6-11/h3-9H,1-2H3,(H2,18,19,21). The van der Waals surface area contributed by atoms with Crippen molar-refractivity contribution in [2.45, 2.75) is 0 Å². The third-order valence-corrected chi connectivity index (χ3v) is 3.22. The molecule has 120 valence electrons. The SMILES string of the molecule is COC(=O)c1ccc(NC(=O)Nc2ccc(Cl)cc2)cc1OC. The Bertz CT molecular complexity index is 717. The van der Waals surface area contributed by atoms with Crippen molar-refractivity contribution in [2.24, 2.45) is 0 Å². The average Bonchev–Trinajstić information content (AvgIpc) is 2.56. The van der Waals surface area contributed by atoms with Gasteiger partial charge >= 0.3 is 12.0 Å². The Balaban J connectivity index is 2.08. The number of rotatable bonds is 4. The zero-order valence-corrected chi connectivity index (χ0v) is 13.3. The second-order valence-corrected chi connectivity index (χ2v) is 4.93. The van der Waals surface area contributed by atoms with Crippen molar-refractivity contribution >= 4 is 35.0 Å². The predicted molar refractivity (Wildman–Crippen MR) is 88.4 cm³/mol. The molecular formula is C16H15ClN2O4. The van der Waals surface area contributed by atoms with Crippen molar-refractivity contribution in [3.05, 3.63) is 53.1 Å². The highest BCUT2D eigenvalue weighted by atomic mass is 35.5. The summed E-state index contributed by atoms with van der Waals surface area (Å²) < 4.78 is 9.79. The Hall–Kier alpha value is -2.73. The smallest absolute Gasteiger partial charge is 0.341 e. The molecule has 7 heteroatoms. The molecule has 2 amide bonds. The predicted octanol–water partition coefficient (Wildman–Crippen LogP) is 3.78. The molecule has 0 aromatic heterocycles. The fourth-order valence-corrected chi connectivity index (χ4v) is 2.00. The van der Waals surface area contributed by atoms with Crippen LogP contribution in [0.25, 0.3) is 0 Å². The van der Waals surface area contributed by atoms with Crippen LogP contribution in [0, 0.1) is 0 Å². The Morgan fingerprint density at radius 3 is 2.17 bits per heavy atom. The van der Waals surface area contributed by atoms with Gasteiger partial charge in [-0.1, -0.05) is 11.6 Å². The van der Waals surface area contributed by atoms with Crippen molar-refractivity contribution < 1.29 is 19.1 Å². The number of nitrogens with one attached hydrogen (secondary N) is 2. The lowest BCUT2D eigenvalue weighted by Crippen LogP contribution is -2.19. The zero-order chi connectivity index (χ0) is 16.8. The molecule has 23 heavy (non-hydrogen) atoms. The molecule has 2 rings (SSSR count). The largest absolute Gasteiger partial charge is 0.496 e. The third-order valence-electron chi connectivity index (χ3n) is 2.97. The van der Waals surface area contributed by atoms with Crippen LogP contribution in [0.15, 0.2) is 42.5 Å². The lowest BCUT2D eigenvalue weighted by molar-refractivity contribution is 0.0597. The van der Waals surface area contributed by atoms with E-state index in [1.807, 2.05) is 0 Å². The van der Waals surface area contributed by atoms with Gasteiger partial charge in [-0.25, -0.2) is 9.59 Å². The van der Waals surface area contributed by atoms with Gasteiger partial charge in [-0.2, -0.15) is 0 Å². The van der Waals surface area contributed by atoms with Gasteiger partial charge in [0.2, 0.25) is 0 Å². The fraction of sp³-hybridized carbons (Fsp3) is 0.125. The van der Waals surface area contributed by atoms with Crippen LogP contribution >= 0.6 is 11.6 Å². The number of esters is 1. The summed E-state index contributed by atoms with van der Waals surface area (Å²) in [5, 5.41) is 5.89. The van der Waals surface area contributed by atoms with Crippen molar-refractivity contribution in [3.63, 3.8) is 0 Å². The molecule has 2 aromatic carbocycles. The number of amides is 2. The number of carbonyl (C=O) groups is 2. The molecule has 0 atom stereocenters.